The van der Waals surface area contributed by atoms with Gasteiger partial charge in [0.05, 0.1) is 0 Å². The number of hydrogen-bond acceptors (Lipinski definition) is 5. The monoisotopic (exact) mass is 388 g/mol. The van der Waals surface area contributed by atoms with Gasteiger partial charge in [-0.25, -0.2) is 9.59 Å². The molecule has 0 aliphatic carbocycles. The first-order valence-electron chi connectivity index (χ1n) is 9.22. The third-order valence-corrected chi connectivity index (χ3v) is 3.53. The van der Waals surface area contributed by atoms with Crippen LogP contribution in [-0.4, -0.2) is 52.3 Å². The van der Waals surface area contributed by atoms with E-state index in [2.05, 4.69) is 10.6 Å². The van der Waals surface area contributed by atoms with Crippen LogP contribution in [0.5, 0.6) is 0 Å². The van der Waals surface area contributed by atoms with Gasteiger partial charge in [0.25, 0.3) is 0 Å². The Kier molecular flexibility index (Phi) is 11.8. The highest BCUT2D eigenvalue weighted by atomic mass is 16.6. The number of rotatable bonds is 13. The second-order valence-corrected chi connectivity index (χ2v) is 7.34. The number of carbonyl (C=O) groups excluding carboxylic acids is 2. The van der Waals surface area contributed by atoms with Gasteiger partial charge in [0.1, 0.15) is 11.6 Å². The van der Waals surface area contributed by atoms with Crippen molar-refractivity contribution in [3.8, 4) is 0 Å². The van der Waals surface area contributed by atoms with Crippen LogP contribution < -0.4 is 10.6 Å². The largest absolute Gasteiger partial charge is 0.481 e. The summed E-state index contributed by atoms with van der Waals surface area (Å²) in [5.41, 5.74) is -0.516. The van der Waals surface area contributed by atoms with Crippen LogP contribution in [0.3, 0.4) is 0 Å². The van der Waals surface area contributed by atoms with Gasteiger partial charge in [-0.05, 0) is 40.0 Å². The van der Waals surface area contributed by atoms with Gasteiger partial charge in [-0.2, -0.15) is 0 Å². The van der Waals surface area contributed by atoms with E-state index in [0.717, 1.165) is 25.7 Å². The molecule has 0 aromatic carbocycles. The molecule has 0 aromatic rings. The number of ether oxygens (including phenoxy) is 1. The molecular weight excluding hydrogens is 356 g/mol. The number of carbonyl (C=O) groups is 4. The van der Waals surface area contributed by atoms with Crippen molar-refractivity contribution in [1.82, 2.24) is 10.6 Å². The minimum Gasteiger partial charge on any atom is -0.481 e. The van der Waals surface area contributed by atoms with E-state index < -0.39 is 29.7 Å². The maximum Gasteiger partial charge on any atom is 0.407 e. The molecule has 0 fully saturated rings. The number of carboxylic acid groups (broad SMARTS) is 2. The number of hydrogen-bond donors (Lipinski definition) is 4. The average Bonchev–Trinajstić information content (AvgIpc) is 2.51. The molecule has 0 rings (SSSR count). The zero-order chi connectivity index (χ0) is 20.9. The van der Waals surface area contributed by atoms with Gasteiger partial charge in [0.15, 0.2) is 0 Å². The normalized spacial score (nSPS) is 12.1. The third-order valence-electron chi connectivity index (χ3n) is 3.53. The Hall–Kier alpha value is -2.32. The maximum absolute atomic E-state index is 11.7. The highest BCUT2D eigenvalue weighted by Gasteiger charge is 2.20. The lowest BCUT2D eigenvalue weighted by Crippen LogP contribution is -2.41. The number of amides is 2. The Morgan fingerprint density at radius 3 is 2.07 bits per heavy atom. The average molecular weight is 388 g/mol. The highest BCUT2D eigenvalue weighted by molar-refractivity contribution is 5.83. The predicted molar refractivity (Wildman–Crippen MR) is 98.4 cm³/mol. The third kappa shape index (κ3) is 15.6. The fraction of sp³-hybridized carbons (Fsp3) is 0.778. The molecule has 0 bridgehead atoms. The molecule has 156 valence electrons. The van der Waals surface area contributed by atoms with Crippen molar-refractivity contribution in [2.75, 3.05) is 6.54 Å². The molecule has 0 aromatic heterocycles. The Morgan fingerprint density at radius 2 is 1.52 bits per heavy atom. The number of carboxylic acids is 2. The summed E-state index contributed by atoms with van der Waals surface area (Å²) < 4.78 is 5.12. The van der Waals surface area contributed by atoms with Crippen molar-refractivity contribution < 1.29 is 34.1 Å². The summed E-state index contributed by atoms with van der Waals surface area (Å²) in [6, 6.07) is -1.17. The summed E-state index contributed by atoms with van der Waals surface area (Å²) in [6.45, 7) is 5.92. The van der Waals surface area contributed by atoms with Gasteiger partial charge >= 0.3 is 18.0 Å². The van der Waals surface area contributed by atoms with E-state index in [9.17, 15) is 19.2 Å². The van der Waals surface area contributed by atoms with Gasteiger partial charge in [-0.15, -0.1) is 0 Å². The van der Waals surface area contributed by atoms with Crippen molar-refractivity contribution in [3.05, 3.63) is 0 Å². The van der Waals surface area contributed by atoms with Crippen molar-refractivity contribution in [2.45, 2.75) is 83.8 Å². The minimum absolute atomic E-state index is 0.138. The molecule has 27 heavy (non-hydrogen) atoms. The minimum atomic E-state index is -1.23. The summed E-state index contributed by atoms with van der Waals surface area (Å²) in [6.07, 6.45) is 3.35. The van der Waals surface area contributed by atoms with Crippen LogP contribution in [0.4, 0.5) is 4.79 Å². The highest BCUT2D eigenvalue weighted by Crippen LogP contribution is 2.08. The fourth-order valence-corrected chi connectivity index (χ4v) is 2.24. The molecule has 0 aliphatic heterocycles. The van der Waals surface area contributed by atoms with Gasteiger partial charge in [-0.3, -0.25) is 9.59 Å². The van der Waals surface area contributed by atoms with Gasteiger partial charge in [0.2, 0.25) is 5.91 Å². The summed E-state index contributed by atoms with van der Waals surface area (Å²) in [5.74, 6) is -2.72. The summed E-state index contributed by atoms with van der Waals surface area (Å²) in [5, 5.41) is 22.6. The molecule has 0 saturated heterocycles. The van der Waals surface area contributed by atoms with Gasteiger partial charge in [-0.1, -0.05) is 19.3 Å². The van der Waals surface area contributed by atoms with Crippen LogP contribution >= 0.6 is 0 Å². The van der Waals surface area contributed by atoms with Crippen molar-refractivity contribution in [1.29, 1.82) is 0 Å². The first-order chi connectivity index (χ1) is 12.5. The molecule has 2 amide bonds. The van der Waals surface area contributed by atoms with E-state index in [1.807, 2.05) is 0 Å². The molecule has 0 aliphatic rings. The Balaban J connectivity index is 3.74. The van der Waals surface area contributed by atoms with E-state index in [1.165, 1.54) is 0 Å². The predicted octanol–water partition coefficient (Wildman–Crippen LogP) is 2.29. The van der Waals surface area contributed by atoms with Crippen molar-refractivity contribution in [3.63, 3.8) is 0 Å². The molecule has 4 N–H and O–H groups in total. The first-order valence-corrected chi connectivity index (χ1v) is 9.22. The van der Waals surface area contributed by atoms with Crippen LogP contribution in [0.15, 0.2) is 0 Å². The van der Waals surface area contributed by atoms with E-state index in [-0.39, 0.29) is 25.2 Å². The lowest BCUT2D eigenvalue weighted by molar-refractivity contribution is -0.143. The molecular formula is C18H32N2O7. The van der Waals surface area contributed by atoms with Crippen molar-refractivity contribution in [2.24, 2.45) is 0 Å². The summed E-state index contributed by atoms with van der Waals surface area (Å²) in [7, 11) is 0. The molecule has 0 saturated carbocycles. The van der Waals surface area contributed by atoms with Crippen LogP contribution in [0.1, 0.15) is 72.1 Å². The van der Waals surface area contributed by atoms with E-state index in [1.54, 1.807) is 20.8 Å². The van der Waals surface area contributed by atoms with E-state index >= 15 is 0 Å². The van der Waals surface area contributed by atoms with Gasteiger partial charge in [0, 0.05) is 19.4 Å². The molecule has 9 nitrogen and oxygen atoms in total. The standard InChI is InChI=1S/C18H32N2O7/c1-18(2,3)27-17(26)19-12-8-6-4-5-7-9-14(21)20-13(16(24)25)10-11-15(22)23/h13H,4-12H2,1-3H3,(H,19,26)(H,20,21)(H,22,23)(H,24,25). The number of nitrogens with one attached hydrogen (secondary N) is 2. The zero-order valence-electron chi connectivity index (χ0n) is 16.4. The first kappa shape index (κ1) is 24.7. The molecule has 9 heteroatoms. The molecule has 0 heterocycles. The summed E-state index contributed by atoms with van der Waals surface area (Å²) in [4.78, 5) is 44.7. The molecule has 0 spiro atoms. The lowest BCUT2D eigenvalue weighted by atomic mass is 10.1. The van der Waals surface area contributed by atoms with Crippen molar-refractivity contribution >= 4 is 23.9 Å². The number of aliphatic carboxylic acids is 2. The Bertz CT molecular complexity index is 500. The molecule has 1 unspecified atom stereocenters. The second kappa shape index (κ2) is 12.9. The molecule has 0 radical (unpaired) electrons. The van der Waals surface area contributed by atoms with E-state index in [4.69, 9.17) is 14.9 Å². The fourth-order valence-electron chi connectivity index (χ4n) is 2.24. The van der Waals surface area contributed by atoms with Crippen LogP contribution in [0.2, 0.25) is 0 Å². The van der Waals surface area contributed by atoms with Crippen LogP contribution in [0, 0.1) is 0 Å². The SMILES string of the molecule is CC(C)(C)OC(=O)NCCCCCCCC(=O)NC(CCC(=O)O)C(=O)O. The van der Waals surface area contributed by atoms with Crippen LogP contribution in [-0.2, 0) is 19.1 Å². The number of unbranched alkanes of at least 4 members (excludes halogenated alkanes) is 4. The van der Waals surface area contributed by atoms with Crippen LogP contribution in [0.25, 0.3) is 0 Å². The quantitative estimate of drug-likeness (QED) is 0.355. The van der Waals surface area contributed by atoms with E-state index in [0.29, 0.717) is 13.0 Å². The maximum atomic E-state index is 11.7. The smallest absolute Gasteiger partial charge is 0.407 e. The molecule has 1 atom stereocenters. The Morgan fingerprint density at radius 1 is 0.926 bits per heavy atom. The summed E-state index contributed by atoms with van der Waals surface area (Å²) >= 11 is 0. The zero-order valence-corrected chi connectivity index (χ0v) is 16.4. The Labute approximate surface area is 159 Å². The number of alkyl carbamates (subject to hydrolysis) is 1. The second-order valence-electron chi connectivity index (χ2n) is 7.34. The lowest BCUT2D eigenvalue weighted by Gasteiger charge is -2.19. The topological polar surface area (TPSA) is 142 Å². The van der Waals surface area contributed by atoms with Gasteiger partial charge < -0.3 is 25.6 Å².